The number of aromatic carboxylic acids is 1. The summed E-state index contributed by atoms with van der Waals surface area (Å²) in [5.41, 5.74) is 0.882. The van der Waals surface area contributed by atoms with Crippen molar-refractivity contribution in [2.24, 2.45) is 0 Å². The van der Waals surface area contributed by atoms with Crippen molar-refractivity contribution in [2.45, 2.75) is 17.6 Å². The lowest BCUT2D eigenvalue weighted by Crippen LogP contribution is -1.99. The minimum Gasteiger partial charge on any atom is -0.477 e. The van der Waals surface area contributed by atoms with Gasteiger partial charge < -0.3 is 9.63 Å². The molecule has 2 aromatic rings. The molecule has 0 unspecified atom stereocenters. The van der Waals surface area contributed by atoms with Crippen molar-refractivity contribution in [2.75, 3.05) is 0 Å². The Labute approximate surface area is 102 Å². The fourth-order valence-electron chi connectivity index (χ4n) is 1.26. The maximum atomic E-state index is 10.7. The number of carbonyl (C=O) groups is 1. The number of hydrogen-bond acceptors (Lipinski definition) is 5. The summed E-state index contributed by atoms with van der Waals surface area (Å²) in [5.74, 6) is 0.381. The third-order valence-corrected chi connectivity index (χ3v) is 3.04. The number of rotatable bonds is 4. The van der Waals surface area contributed by atoms with Crippen LogP contribution in [-0.2, 0) is 5.75 Å². The fourth-order valence-corrected chi connectivity index (χ4v) is 2.06. The molecular weight excluding hydrogens is 240 g/mol. The van der Waals surface area contributed by atoms with Gasteiger partial charge in [0.2, 0.25) is 0 Å². The summed E-state index contributed by atoms with van der Waals surface area (Å²) in [7, 11) is 0. The standard InChI is InChI=1S/C11H10N2O3S/c1-7-4-8(13-16-7)6-17-9-2-3-12-10(5-9)11(14)15/h2-5H,6H2,1H3,(H,14,15). The monoisotopic (exact) mass is 250 g/mol. The van der Waals surface area contributed by atoms with E-state index in [4.69, 9.17) is 9.63 Å². The zero-order valence-electron chi connectivity index (χ0n) is 9.08. The van der Waals surface area contributed by atoms with Crippen LogP contribution in [0.5, 0.6) is 0 Å². The molecule has 2 heterocycles. The van der Waals surface area contributed by atoms with Crippen LogP contribution in [0.25, 0.3) is 0 Å². The number of thioether (sulfide) groups is 1. The molecule has 88 valence electrons. The SMILES string of the molecule is Cc1cc(CSc2ccnc(C(=O)O)c2)no1. The van der Waals surface area contributed by atoms with Gasteiger partial charge in [0.25, 0.3) is 0 Å². The Balaban J connectivity index is 2.04. The second kappa shape index (κ2) is 5.01. The van der Waals surface area contributed by atoms with Gasteiger partial charge in [-0.15, -0.1) is 11.8 Å². The molecule has 17 heavy (non-hydrogen) atoms. The predicted octanol–water partition coefficient (Wildman–Crippen LogP) is 2.37. The smallest absolute Gasteiger partial charge is 0.354 e. The lowest BCUT2D eigenvalue weighted by atomic mass is 10.3. The van der Waals surface area contributed by atoms with Crippen molar-refractivity contribution in [3.8, 4) is 0 Å². The summed E-state index contributed by atoms with van der Waals surface area (Å²) in [4.78, 5) is 15.3. The van der Waals surface area contributed by atoms with Crippen LogP contribution in [0.3, 0.4) is 0 Å². The topological polar surface area (TPSA) is 76.2 Å². The molecule has 2 rings (SSSR count). The van der Waals surface area contributed by atoms with Crippen LogP contribution >= 0.6 is 11.8 Å². The van der Waals surface area contributed by atoms with E-state index in [1.54, 1.807) is 12.1 Å². The Morgan fingerprint density at radius 3 is 3.00 bits per heavy atom. The molecule has 0 fully saturated rings. The van der Waals surface area contributed by atoms with Gasteiger partial charge in [-0.25, -0.2) is 9.78 Å². The van der Waals surface area contributed by atoms with Crippen LogP contribution in [0.15, 0.2) is 33.8 Å². The minimum absolute atomic E-state index is 0.0475. The van der Waals surface area contributed by atoms with Gasteiger partial charge in [0.1, 0.15) is 11.5 Å². The average Bonchev–Trinajstić information content (AvgIpc) is 2.73. The van der Waals surface area contributed by atoms with Crippen LogP contribution in [0.4, 0.5) is 0 Å². The number of pyridine rings is 1. The van der Waals surface area contributed by atoms with Gasteiger partial charge in [0.05, 0.1) is 5.69 Å². The zero-order chi connectivity index (χ0) is 12.3. The van der Waals surface area contributed by atoms with Gasteiger partial charge >= 0.3 is 5.97 Å². The van der Waals surface area contributed by atoms with E-state index < -0.39 is 5.97 Å². The molecule has 1 N–H and O–H groups in total. The van der Waals surface area contributed by atoms with Crippen LogP contribution in [0.1, 0.15) is 21.9 Å². The quantitative estimate of drug-likeness (QED) is 0.839. The van der Waals surface area contributed by atoms with E-state index in [2.05, 4.69) is 10.1 Å². The number of hydrogen-bond donors (Lipinski definition) is 1. The second-order valence-electron chi connectivity index (χ2n) is 3.40. The van der Waals surface area contributed by atoms with Gasteiger partial charge in [-0.05, 0) is 19.1 Å². The molecule has 0 amide bonds. The number of aryl methyl sites for hydroxylation is 1. The highest BCUT2D eigenvalue weighted by Crippen LogP contribution is 2.22. The molecule has 2 aromatic heterocycles. The molecule has 0 radical (unpaired) electrons. The van der Waals surface area contributed by atoms with Gasteiger partial charge in [0.15, 0.2) is 0 Å². The summed E-state index contributed by atoms with van der Waals surface area (Å²) in [6.07, 6.45) is 1.49. The molecule has 0 aliphatic carbocycles. The van der Waals surface area contributed by atoms with E-state index in [9.17, 15) is 4.79 Å². The Hall–Kier alpha value is -1.82. The van der Waals surface area contributed by atoms with Crippen molar-refractivity contribution in [1.82, 2.24) is 10.1 Å². The van der Waals surface area contributed by atoms with Crippen LogP contribution < -0.4 is 0 Å². The lowest BCUT2D eigenvalue weighted by molar-refractivity contribution is 0.0690. The first-order valence-electron chi connectivity index (χ1n) is 4.89. The van der Waals surface area contributed by atoms with E-state index in [1.165, 1.54) is 18.0 Å². The molecule has 0 spiro atoms. The molecule has 0 saturated heterocycles. The van der Waals surface area contributed by atoms with E-state index in [-0.39, 0.29) is 5.69 Å². The Morgan fingerprint density at radius 2 is 2.35 bits per heavy atom. The van der Waals surface area contributed by atoms with Crippen LogP contribution in [0, 0.1) is 6.92 Å². The Kier molecular flexibility index (Phi) is 3.43. The van der Waals surface area contributed by atoms with Crippen molar-refractivity contribution >= 4 is 17.7 Å². The van der Waals surface area contributed by atoms with Crippen molar-refractivity contribution in [3.63, 3.8) is 0 Å². The Morgan fingerprint density at radius 1 is 1.53 bits per heavy atom. The van der Waals surface area contributed by atoms with E-state index in [0.717, 1.165) is 16.3 Å². The Bertz CT molecular complexity index is 539. The molecular formula is C11H10N2O3S. The summed E-state index contributed by atoms with van der Waals surface area (Å²) in [6, 6.07) is 5.16. The highest BCUT2D eigenvalue weighted by Gasteiger charge is 2.06. The molecule has 0 bridgehead atoms. The number of aromatic nitrogens is 2. The van der Waals surface area contributed by atoms with Crippen molar-refractivity contribution < 1.29 is 14.4 Å². The normalized spacial score (nSPS) is 10.4. The van der Waals surface area contributed by atoms with Gasteiger partial charge in [0, 0.05) is 22.9 Å². The molecule has 0 saturated carbocycles. The van der Waals surface area contributed by atoms with Crippen molar-refractivity contribution in [1.29, 1.82) is 0 Å². The van der Waals surface area contributed by atoms with Gasteiger partial charge in [-0.3, -0.25) is 0 Å². The molecule has 0 aliphatic heterocycles. The first kappa shape index (κ1) is 11.7. The molecule has 6 heteroatoms. The number of nitrogens with zero attached hydrogens (tertiary/aromatic N) is 2. The summed E-state index contributed by atoms with van der Waals surface area (Å²) in [6.45, 7) is 1.83. The van der Waals surface area contributed by atoms with E-state index >= 15 is 0 Å². The van der Waals surface area contributed by atoms with Crippen LogP contribution in [0.2, 0.25) is 0 Å². The lowest BCUT2D eigenvalue weighted by Gasteiger charge is -1.99. The largest absolute Gasteiger partial charge is 0.477 e. The van der Waals surface area contributed by atoms with E-state index in [0.29, 0.717) is 5.75 Å². The van der Waals surface area contributed by atoms with Crippen LogP contribution in [-0.4, -0.2) is 21.2 Å². The number of carboxylic acids is 1. The first-order valence-corrected chi connectivity index (χ1v) is 5.88. The molecule has 5 nitrogen and oxygen atoms in total. The molecule has 0 aliphatic rings. The maximum Gasteiger partial charge on any atom is 0.354 e. The summed E-state index contributed by atoms with van der Waals surface area (Å²) in [5, 5.41) is 12.7. The number of carboxylic acid groups (broad SMARTS) is 1. The molecule has 0 atom stereocenters. The zero-order valence-corrected chi connectivity index (χ0v) is 9.90. The van der Waals surface area contributed by atoms with E-state index in [1.807, 2.05) is 13.0 Å². The fraction of sp³-hybridized carbons (Fsp3) is 0.182. The predicted molar refractivity (Wildman–Crippen MR) is 62.0 cm³/mol. The molecule has 0 aromatic carbocycles. The van der Waals surface area contributed by atoms with Gasteiger partial charge in [-0.2, -0.15) is 0 Å². The average molecular weight is 250 g/mol. The summed E-state index contributed by atoms with van der Waals surface area (Å²) < 4.78 is 4.95. The highest BCUT2D eigenvalue weighted by molar-refractivity contribution is 7.98. The van der Waals surface area contributed by atoms with Crippen molar-refractivity contribution in [3.05, 3.63) is 41.5 Å². The van der Waals surface area contributed by atoms with Gasteiger partial charge in [-0.1, -0.05) is 5.16 Å². The first-order chi connectivity index (χ1) is 8.15. The third-order valence-electron chi connectivity index (χ3n) is 2.01. The third kappa shape index (κ3) is 3.07. The summed E-state index contributed by atoms with van der Waals surface area (Å²) >= 11 is 1.49. The second-order valence-corrected chi connectivity index (χ2v) is 4.45. The maximum absolute atomic E-state index is 10.7. The highest BCUT2D eigenvalue weighted by atomic mass is 32.2. The minimum atomic E-state index is -1.02.